The summed E-state index contributed by atoms with van der Waals surface area (Å²) < 4.78 is 5.07. The van der Waals surface area contributed by atoms with E-state index in [0.717, 1.165) is 25.9 Å². The maximum absolute atomic E-state index is 11.4. The zero-order valence-electron chi connectivity index (χ0n) is 9.95. The van der Waals surface area contributed by atoms with Crippen molar-refractivity contribution in [2.45, 2.75) is 32.7 Å². The van der Waals surface area contributed by atoms with Crippen LogP contribution in [0.2, 0.25) is 0 Å². The van der Waals surface area contributed by atoms with Crippen LogP contribution in [0, 0.1) is 5.92 Å². The molecular formula is C10H21BN2O2. The molecule has 1 aliphatic heterocycles. The van der Waals surface area contributed by atoms with Crippen molar-refractivity contribution in [3.8, 4) is 0 Å². The highest BCUT2D eigenvalue weighted by atomic mass is 16.5. The van der Waals surface area contributed by atoms with Crippen molar-refractivity contribution in [1.82, 2.24) is 10.1 Å². The first-order valence-corrected chi connectivity index (χ1v) is 5.69. The largest absolute Gasteiger partial charge is 0.449 e. The third kappa shape index (κ3) is 5.07. The lowest BCUT2D eigenvalue weighted by molar-refractivity contribution is 0.125. The number of ether oxygens (including phenoxy) is 1. The fourth-order valence-corrected chi connectivity index (χ4v) is 1.60. The number of carbonyl (C=O) groups excluding carboxylic acids is 1. The van der Waals surface area contributed by atoms with Crippen LogP contribution in [0.4, 0.5) is 4.79 Å². The highest BCUT2D eigenvalue weighted by molar-refractivity contribution is 6.04. The fraction of sp³-hybridized carbons (Fsp3) is 0.900. The molecule has 0 aromatic carbocycles. The molecule has 0 bridgehead atoms. The highest BCUT2D eigenvalue weighted by Gasteiger charge is 2.18. The lowest BCUT2D eigenvalue weighted by Crippen LogP contribution is -2.44. The average molecular weight is 212 g/mol. The molecule has 0 aromatic rings. The Labute approximate surface area is 92.8 Å². The number of carbonyl (C=O) groups is 1. The molecule has 1 N–H and O–H groups in total. The molecule has 0 aromatic heterocycles. The monoisotopic (exact) mass is 212 g/mol. The maximum Gasteiger partial charge on any atom is 0.407 e. The van der Waals surface area contributed by atoms with Crippen LogP contribution < -0.4 is 5.32 Å². The van der Waals surface area contributed by atoms with Crippen LogP contribution in [0.1, 0.15) is 26.7 Å². The van der Waals surface area contributed by atoms with Crippen molar-refractivity contribution in [2.75, 3.05) is 19.7 Å². The molecule has 15 heavy (non-hydrogen) atoms. The van der Waals surface area contributed by atoms with E-state index in [1.54, 1.807) is 0 Å². The summed E-state index contributed by atoms with van der Waals surface area (Å²) in [6.45, 7) is 6.66. The van der Waals surface area contributed by atoms with Gasteiger partial charge in [0.05, 0.1) is 6.61 Å². The first-order valence-electron chi connectivity index (χ1n) is 5.69. The summed E-state index contributed by atoms with van der Waals surface area (Å²) in [7, 11) is 2.10. The Morgan fingerprint density at radius 2 is 2.13 bits per heavy atom. The lowest BCUT2D eigenvalue weighted by Gasteiger charge is -2.29. The van der Waals surface area contributed by atoms with E-state index >= 15 is 0 Å². The molecule has 1 rings (SSSR count). The quantitative estimate of drug-likeness (QED) is 0.687. The van der Waals surface area contributed by atoms with Crippen LogP contribution in [-0.2, 0) is 4.74 Å². The Morgan fingerprint density at radius 3 is 2.67 bits per heavy atom. The molecule has 1 saturated heterocycles. The van der Waals surface area contributed by atoms with Gasteiger partial charge in [-0.15, -0.1) is 0 Å². The second-order valence-corrected chi connectivity index (χ2v) is 4.71. The van der Waals surface area contributed by atoms with Crippen LogP contribution in [0.15, 0.2) is 0 Å². The Hall–Kier alpha value is -0.705. The van der Waals surface area contributed by atoms with Crippen LogP contribution in [0.25, 0.3) is 0 Å². The van der Waals surface area contributed by atoms with E-state index in [4.69, 9.17) is 4.74 Å². The molecule has 0 saturated carbocycles. The molecule has 86 valence electrons. The van der Waals surface area contributed by atoms with Gasteiger partial charge in [-0.1, -0.05) is 13.8 Å². The molecule has 1 heterocycles. The van der Waals surface area contributed by atoms with Crippen molar-refractivity contribution in [2.24, 2.45) is 5.92 Å². The van der Waals surface area contributed by atoms with Crippen molar-refractivity contribution in [3.05, 3.63) is 0 Å². The first-order chi connectivity index (χ1) is 7.08. The SMILES string of the molecule is BN1CCC(NC(=O)OCC(C)C)CC1. The minimum absolute atomic E-state index is 0.266. The second-order valence-electron chi connectivity index (χ2n) is 4.71. The number of piperidine rings is 1. The number of nitrogens with zero attached hydrogens (tertiary/aromatic N) is 1. The summed E-state index contributed by atoms with van der Waals surface area (Å²) in [6.07, 6.45) is 1.78. The van der Waals surface area contributed by atoms with E-state index in [9.17, 15) is 4.79 Å². The van der Waals surface area contributed by atoms with Crippen molar-refractivity contribution in [3.63, 3.8) is 0 Å². The molecule has 1 fully saturated rings. The van der Waals surface area contributed by atoms with Crippen LogP contribution in [0.5, 0.6) is 0 Å². The average Bonchev–Trinajstić information content (AvgIpc) is 2.19. The summed E-state index contributed by atoms with van der Waals surface area (Å²) in [5.74, 6) is 0.397. The van der Waals surface area contributed by atoms with Crippen molar-refractivity contribution < 1.29 is 9.53 Å². The predicted molar refractivity (Wildman–Crippen MR) is 62.5 cm³/mol. The zero-order valence-corrected chi connectivity index (χ0v) is 9.95. The lowest BCUT2D eigenvalue weighted by atomic mass is 10.0. The standard InChI is InChI=1S/C10H21BN2O2/c1-8(2)7-15-10(14)12-9-3-5-13(11)6-4-9/h8-9H,3-7,11H2,1-2H3,(H,12,14). The number of hydrogen-bond acceptors (Lipinski definition) is 3. The molecule has 0 radical (unpaired) electrons. The van der Waals surface area contributed by atoms with Crippen LogP contribution in [0.3, 0.4) is 0 Å². The third-order valence-electron chi connectivity index (χ3n) is 2.59. The van der Waals surface area contributed by atoms with Gasteiger partial charge in [-0.2, -0.15) is 0 Å². The van der Waals surface area contributed by atoms with Gasteiger partial charge in [-0.3, -0.25) is 0 Å². The minimum Gasteiger partial charge on any atom is -0.449 e. The molecule has 0 atom stereocenters. The van der Waals surface area contributed by atoms with Gasteiger partial charge in [0.15, 0.2) is 7.98 Å². The van der Waals surface area contributed by atoms with E-state index in [1.165, 1.54) is 0 Å². The number of alkyl carbamates (subject to hydrolysis) is 1. The molecule has 4 nitrogen and oxygen atoms in total. The summed E-state index contributed by atoms with van der Waals surface area (Å²) in [4.78, 5) is 13.6. The van der Waals surface area contributed by atoms with E-state index in [0.29, 0.717) is 18.6 Å². The van der Waals surface area contributed by atoms with Crippen molar-refractivity contribution >= 4 is 14.1 Å². The third-order valence-corrected chi connectivity index (χ3v) is 2.59. The number of hydrogen-bond donors (Lipinski definition) is 1. The van der Waals surface area contributed by atoms with Gasteiger partial charge in [0.1, 0.15) is 0 Å². The van der Waals surface area contributed by atoms with Gasteiger partial charge in [-0.25, -0.2) is 4.79 Å². The minimum atomic E-state index is -0.266. The number of rotatable bonds is 3. The second kappa shape index (κ2) is 6.00. The normalized spacial score (nSPS) is 19.1. The van der Waals surface area contributed by atoms with Gasteiger partial charge in [-0.05, 0) is 31.8 Å². The number of nitrogens with one attached hydrogen (secondary N) is 1. The summed E-state index contributed by atoms with van der Waals surface area (Å²) in [5.41, 5.74) is 0. The Bertz CT molecular complexity index is 204. The maximum atomic E-state index is 11.4. The molecule has 5 heteroatoms. The van der Waals surface area contributed by atoms with Gasteiger partial charge in [0.25, 0.3) is 0 Å². The molecule has 1 aliphatic rings. The molecular weight excluding hydrogens is 191 g/mol. The van der Waals surface area contributed by atoms with Crippen LogP contribution >= 0.6 is 0 Å². The Morgan fingerprint density at radius 1 is 1.53 bits per heavy atom. The van der Waals surface area contributed by atoms with Gasteiger partial charge in [0.2, 0.25) is 0 Å². The van der Waals surface area contributed by atoms with Gasteiger partial charge >= 0.3 is 6.09 Å². The Kier molecular flexibility index (Phi) is 4.95. The van der Waals surface area contributed by atoms with E-state index in [2.05, 4.69) is 18.1 Å². The molecule has 0 unspecified atom stereocenters. The smallest absolute Gasteiger partial charge is 0.407 e. The first kappa shape index (κ1) is 12.4. The predicted octanol–water partition coefficient (Wildman–Crippen LogP) is 0.381. The van der Waals surface area contributed by atoms with E-state index < -0.39 is 0 Å². The molecule has 0 aliphatic carbocycles. The summed E-state index contributed by atoms with van der Waals surface area (Å²) in [6, 6.07) is 0.292. The fourth-order valence-electron chi connectivity index (χ4n) is 1.60. The highest BCUT2D eigenvalue weighted by Crippen LogP contribution is 2.07. The summed E-state index contributed by atoms with van der Waals surface area (Å²) >= 11 is 0. The van der Waals surface area contributed by atoms with E-state index in [-0.39, 0.29) is 6.09 Å². The van der Waals surface area contributed by atoms with E-state index in [1.807, 2.05) is 13.8 Å². The Balaban J connectivity index is 2.15. The van der Waals surface area contributed by atoms with Gasteiger partial charge in [0, 0.05) is 6.04 Å². The van der Waals surface area contributed by atoms with Crippen molar-refractivity contribution in [1.29, 1.82) is 0 Å². The zero-order chi connectivity index (χ0) is 11.3. The molecule has 0 spiro atoms. The topological polar surface area (TPSA) is 41.6 Å². The van der Waals surface area contributed by atoms with Gasteiger partial charge < -0.3 is 14.9 Å². The number of amides is 1. The summed E-state index contributed by atoms with van der Waals surface area (Å²) in [5, 5.41) is 2.91. The molecule has 1 amide bonds. The van der Waals surface area contributed by atoms with Crippen LogP contribution in [-0.4, -0.2) is 44.6 Å².